The monoisotopic (exact) mass is 277 g/mol. The maximum Gasteiger partial charge on any atom is 0.113 e. The summed E-state index contributed by atoms with van der Waals surface area (Å²) in [6.07, 6.45) is 2.13. The third-order valence-corrected chi connectivity index (χ3v) is 4.20. The average molecular weight is 277 g/mol. The van der Waals surface area contributed by atoms with Crippen LogP contribution >= 0.6 is 11.3 Å². The summed E-state index contributed by atoms with van der Waals surface area (Å²) < 4.78 is 2.27. The van der Waals surface area contributed by atoms with Crippen LogP contribution in [0.5, 0.6) is 0 Å². The van der Waals surface area contributed by atoms with Crippen molar-refractivity contribution in [3.8, 4) is 0 Å². The normalized spacial score (nSPS) is 13.7. The summed E-state index contributed by atoms with van der Waals surface area (Å²) >= 11 is 1.75. The van der Waals surface area contributed by atoms with Crippen molar-refractivity contribution >= 4 is 11.3 Å². The van der Waals surface area contributed by atoms with Gasteiger partial charge in [-0.25, -0.2) is 4.98 Å². The number of nitrogens with one attached hydrogen (secondary N) is 1. The van der Waals surface area contributed by atoms with Gasteiger partial charge in [-0.2, -0.15) is 0 Å². The molecule has 0 spiro atoms. The lowest BCUT2D eigenvalue weighted by atomic mass is 9.93. The standard InChI is InChI=1S/C15H23N3S/c1-11(16-5)12-7-6-8-18(12)9-14-17-13(10-19-14)15(2,3)4/h6-8,10-11,16H,9H2,1-5H3. The molecule has 2 rings (SSSR count). The Morgan fingerprint density at radius 3 is 2.74 bits per heavy atom. The highest BCUT2D eigenvalue weighted by molar-refractivity contribution is 7.09. The number of thiazole rings is 1. The van der Waals surface area contributed by atoms with Crippen LogP contribution in [0.25, 0.3) is 0 Å². The second-order valence-corrected chi connectivity index (χ2v) is 6.89. The van der Waals surface area contributed by atoms with Crippen LogP contribution in [-0.2, 0) is 12.0 Å². The molecular weight excluding hydrogens is 254 g/mol. The lowest BCUT2D eigenvalue weighted by molar-refractivity contribution is 0.565. The van der Waals surface area contributed by atoms with Gasteiger partial charge < -0.3 is 9.88 Å². The first-order valence-electron chi connectivity index (χ1n) is 6.69. The molecule has 0 aliphatic carbocycles. The molecule has 104 valence electrons. The maximum absolute atomic E-state index is 4.76. The molecular formula is C15H23N3S. The van der Waals surface area contributed by atoms with Gasteiger partial charge in [0.2, 0.25) is 0 Å². The van der Waals surface area contributed by atoms with Gasteiger partial charge in [0, 0.05) is 28.7 Å². The minimum absolute atomic E-state index is 0.131. The molecule has 2 aromatic rings. The van der Waals surface area contributed by atoms with Crippen molar-refractivity contribution < 1.29 is 0 Å². The van der Waals surface area contributed by atoms with Gasteiger partial charge in [0.05, 0.1) is 12.2 Å². The molecule has 0 fully saturated rings. The Morgan fingerprint density at radius 1 is 1.42 bits per heavy atom. The van der Waals surface area contributed by atoms with Crippen LogP contribution in [0.3, 0.4) is 0 Å². The molecule has 0 aliphatic rings. The Kier molecular flexibility index (Phi) is 4.11. The zero-order chi connectivity index (χ0) is 14.0. The van der Waals surface area contributed by atoms with E-state index in [2.05, 4.69) is 61.3 Å². The maximum atomic E-state index is 4.76. The molecule has 0 aliphatic heterocycles. The summed E-state index contributed by atoms with van der Waals surface area (Å²) in [6.45, 7) is 9.64. The van der Waals surface area contributed by atoms with Crippen molar-refractivity contribution in [3.05, 3.63) is 40.1 Å². The van der Waals surface area contributed by atoms with E-state index in [1.54, 1.807) is 11.3 Å². The predicted octanol–water partition coefficient (Wildman–Crippen LogP) is 3.57. The Labute approximate surface area is 119 Å². The summed E-state index contributed by atoms with van der Waals surface area (Å²) in [5, 5.41) is 6.64. The average Bonchev–Trinajstić information content (AvgIpc) is 2.97. The molecule has 0 radical (unpaired) electrons. The third-order valence-electron chi connectivity index (χ3n) is 3.37. The van der Waals surface area contributed by atoms with Crippen molar-refractivity contribution in [3.63, 3.8) is 0 Å². The van der Waals surface area contributed by atoms with E-state index in [9.17, 15) is 0 Å². The van der Waals surface area contributed by atoms with Crippen molar-refractivity contribution in [2.45, 2.75) is 45.7 Å². The first-order valence-corrected chi connectivity index (χ1v) is 7.57. The van der Waals surface area contributed by atoms with Gasteiger partial charge in [0.15, 0.2) is 0 Å². The van der Waals surface area contributed by atoms with Gasteiger partial charge in [0.25, 0.3) is 0 Å². The molecule has 1 unspecified atom stereocenters. The predicted molar refractivity (Wildman–Crippen MR) is 81.8 cm³/mol. The molecule has 0 aromatic carbocycles. The highest BCUT2D eigenvalue weighted by Gasteiger charge is 2.18. The van der Waals surface area contributed by atoms with Crippen LogP contribution in [-0.4, -0.2) is 16.6 Å². The smallest absolute Gasteiger partial charge is 0.113 e. The lowest BCUT2D eigenvalue weighted by Crippen LogP contribution is -2.17. The molecule has 0 saturated heterocycles. The van der Waals surface area contributed by atoms with Crippen molar-refractivity contribution in [1.29, 1.82) is 0 Å². The van der Waals surface area contributed by atoms with E-state index in [1.165, 1.54) is 16.4 Å². The Balaban J connectivity index is 2.18. The van der Waals surface area contributed by atoms with Crippen molar-refractivity contribution in [2.75, 3.05) is 7.05 Å². The van der Waals surface area contributed by atoms with Crippen LogP contribution in [0, 0.1) is 0 Å². The fourth-order valence-corrected chi connectivity index (χ4v) is 3.00. The summed E-state index contributed by atoms with van der Waals surface area (Å²) in [6, 6.07) is 4.62. The summed E-state index contributed by atoms with van der Waals surface area (Å²) in [7, 11) is 1.99. The molecule has 0 bridgehead atoms. The third kappa shape index (κ3) is 3.25. The van der Waals surface area contributed by atoms with E-state index < -0.39 is 0 Å². The van der Waals surface area contributed by atoms with Crippen molar-refractivity contribution in [1.82, 2.24) is 14.9 Å². The van der Waals surface area contributed by atoms with Gasteiger partial charge in [-0.15, -0.1) is 11.3 Å². The summed E-state index contributed by atoms with van der Waals surface area (Å²) in [5.74, 6) is 0. The highest BCUT2D eigenvalue weighted by atomic mass is 32.1. The van der Waals surface area contributed by atoms with Gasteiger partial charge in [-0.05, 0) is 26.1 Å². The zero-order valence-electron chi connectivity index (χ0n) is 12.4. The Bertz CT molecular complexity index is 534. The molecule has 1 atom stereocenters. The number of hydrogen-bond donors (Lipinski definition) is 1. The Hall–Kier alpha value is -1.13. The van der Waals surface area contributed by atoms with Crippen LogP contribution < -0.4 is 5.32 Å². The molecule has 19 heavy (non-hydrogen) atoms. The van der Waals surface area contributed by atoms with Crippen LogP contribution in [0.1, 0.15) is 50.1 Å². The summed E-state index contributed by atoms with van der Waals surface area (Å²) in [4.78, 5) is 4.76. The quantitative estimate of drug-likeness (QED) is 0.926. The zero-order valence-corrected chi connectivity index (χ0v) is 13.2. The molecule has 0 saturated carbocycles. The van der Waals surface area contributed by atoms with Crippen LogP contribution in [0.2, 0.25) is 0 Å². The number of aromatic nitrogens is 2. The SMILES string of the molecule is CNC(C)c1cccn1Cc1nc(C(C)(C)C)cs1. The first kappa shape index (κ1) is 14.3. The second-order valence-electron chi connectivity index (χ2n) is 5.95. The summed E-state index contributed by atoms with van der Waals surface area (Å²) in [5.41, 5.74) is 2.62. The van der Waals surface area contributed by atoms with Crippen LogP contribution in [0.4, 0.5) is 0 Å². The number of hydrogen-bond acceptors (Lipinski definition) is 3. The largest absolute Gasteiger partial charge is 0.343 e. The number of rotatable bonds is 4. The van der Waals surface area contributed by atoms with Crippen LogP contribution in [0.15, 0.2) is 23.7 Å². The van der Waals surface area contributed by atoms with E-state index in [4.69, 9.17) is 4.98 Å². The number of nitrogens with zero attached hydrogens (tertiary/aromatic N) is 2. The van der Waals surface area contributed by atoms with E-state index in [-0.39, 0.29) is 5.41 Å². The molecule has 0 amide bonds. The first-order chi connectivity index (χ1) is 8.91. The minimum Gasteiger partial charge on any atom is -0.343 e. The van der Waals surface area contributed by atoms with E-state index in [1.807, 2.05) is 7.05 Å². The molecule has 2 aromatic heterocycles. The van der Waals surface area contributed by atoms with E-state index in [0.717, 1.165) is 6.54 Å². The molecule has 3 nitrogen and oxygen atoms in total. The topological polar surface area (TPSA) is 29.9 Å². The minimum atomic E-state index is 0.131. The van der Waals surface area contributed by atoms with Crippen molar-refractivity contribution in [2.24, 2.45) is 0 Å². The van der Waals surface area contributed by atoms with Gasteiger partial charge >= 0.3 is 0 Å². The fraction of sp³-hybridized carbons (Fsp3) is 0.533. The Morgan fingerprint density at radius 2 is 2.16 bits per heavy atom. The molecule has 4 heteroatoms. The van der Waals surface area contributed by atoms with Gasteiger partial charge in [0.1, 0.15) is 5.01 Å². The van der Waals surface area contributed by atoms with E-state index >= 15 is 0 Å². The second kappa shape index (κ2) is 5.47. The van der Waals surface area contributed by atoms with Gasteiger partial charge in [-0.1, -0.05) is 20.8 Å². The molecule has 2 heterocycles. The lowest BCUT2D eigenvalue weighted by Gasteiger charge is -2.15. The van der Waals surface area contributed by atoms with E-state index in [0.29, 0.717) is 6.04 Å². The molecule has 1 N–H and O–H groups in total. The van der Waals surface area contributed by atoms with Gasteiger partial charge in [-0.3, -0.25) is 0 Å². The fourth-order valence-electron chi connectivity index (χ4n) is 1.99. The highest BCUT2D eigenvalue weighted by Crippen LogP contribution is 2.25.